The van der Waals surface area contributed by atoms with E-state index in [1.54, 1.807) is 0 Å². The van der Waals surface area contributed by atoms with Crippen molar-refractivity contribution in [1.82, 2.24) is 34.9 Å². The lowest BCUT2D eigenvalue weighted by atomic mass is 10.1. The van der Waals surface area contributed by atoms with Crippen molar-refractivity contribution in [2.24, 2.45) is 0 Å². The van der Waals surface area contributed by atoms with Gasteiger partial charge in [-0.2, -0.15) is 8.78 Å². The molecule has 0 aliphatic heterocycles. The van der Waals surface area contributed by atoms with Crippen LogP contribution in [-0.2, 0) is 18.9 Å². The number of carboxylic acid groups (broad SMARTS) is 2. The summed E-state index contributed by atoms with van der Waals surface area (Å²) in [6.07, 6.45) is 0. The van der Waals surface area contributed by atoms with Gasteiger partial charge in [0, 0.05) is 33.9 Å². The second-order valence-corrected chi connectivity index (χ2v) is 27.1. The predicted molar refractivity (Wildman–Crippen MR) is 433 cm³/mol. The van der Waals surface area contributed by atoms with E-state index in [1.165, 1.54) is 33.9 Å². The normalized spacial score (nSPS) is 10.6. The van der Waals surface area contributed by atoms with Crippen LogP contribution in [0.2, 0.25) is 25.1 Å². The zero-order chi connectivity index (χ0) is 97.7. The van der Waals surface area contributed by atoms with Crippen molar-refractivity contribution in [1.29, 1.82) is 0 Å². The molecule has 0 aliphatic rings. The molecule has 0 atom stereocenters. The highest BCUT2D eigenvalue weighted by Crippen LogP contribution is 2.41. The SMILES string of the molecule is COC(=O)c1nc(-c2cc(F)c(C)cc2F)c(F)c(N)c1Cl.COC(=O)c1nc(-c2cc(F)c(C)cc2F)nc(N)c1OC.COC(=O)c1nc(-c2cc(F)ccc2F)c(F)c(N)c1Cl.COC(=O)c1nc(-c2ccc(F)c(F)c2F)c(F)c(N)c1Cl.Cc1cc(F)c(-c2cc(N)c(Cl)c(C(=O)O)n2)cc1F.Nc1cc(-c2cc(F)c(OC(F)F)cc2F)nc(C(=O)O)c1Cl. The number of alkyl halides is 2. The number of benzene rings is 6. The van der Waals surface area contributed by atoms with E-state index in [-0.39, 0.29) is 83.7 Å². The minimum Gasteiger partial charge on any atom is -0.491 e. The number of halogens is 23. The third-order valence-electron chi connectivity index (χ3n) is 16.8. The van der Waals surface area contributed by atoms with E-state index in [9.17, 15) is 108 Å². The molecule has 130 heavy (non-hydrogen) atoms. The van der Waals surface area contributed by atoms with Crippen LogP contribution in [0, 0.1) is 114 Å². The average Bonchev–Trinajstić information content (AvgIpc) is 0.815. The molecule has 684 valence electrons. The van der Waals surface area contributed by atoms with Crippen molar-refractivity contribution in [3.8, 4) is 79.2 Å². The monoisotopic (exact) mass is 1940 g/mol. The average molecular weight is 1940 g/mol. The Morgan fingerprint density at radius 1 is 0.338 bits per heavy atom. The maximum absolute atomic E-state index is 14.2. The highest BCUT2D eigenvalue weighted by Gasteiger charge is 2.32. The van der Waals surface area contributed by atoms with Crippen LogP contribution in [0.15, 0.2) is 91.0 Å². The molecule has 6 aromatic carbocycles. The summed E-state index contributed by atoms with van der Waals surface area (Å²) in [6.45, 7) is 0.847. The summed E-state index contributed by atoms with van der Waals surface area (Å²) in [5.41, 5.74) is 23.1. The van der Waals surface area contributed by atoms with Crippen LogP contribution in [0.3, 0.4) is 0 Å². The van der Waals surface area contributed by atoms with Crippen molar-refractivity contribution in [2.45, 2.75) is 27.4 Å². The van der Waals surface area contributed by atoms with Crippen LogP contribution < -0.4 is 43.9 Å². The van der Waals surface area contributed by atoms with Gasteiger partial charge in [-0.15, -0.1) is 0 Å². The minimum atomic E-state index is -3.34. The number of aryl methyl sites for hydroxylation is 3. The Morgan fingerprint density at radius 3 is 1.08 bits per heavy atom. The van der Waals surface area contributed by atoms with Gasteiger partial charge in [0.15, 0.2) is 98.0 Å². The number of esters is 4. The maximum Gasteiger partial charge on any atom is 0.387 e. The van der Waals surface area contributed by atoms with Gasteiger partial charge < -0.3 is 73.0 Å². The molecule has 0 spiro atoms. The summed E-state index contributed by atoms with van der Waals surface area (Å²) < 4.78 is 270. The standard InChI is InChI=1S/C14H10ClF3N2O2.C14H13F2N3O3.C13H7ClF4N2O3.C13H7ClF4N2O2.C13H8ClF3N2O2.C13H9ClF2N2O2/c1-5-3-8(17)6(4-7(5)16)12-10(18)11(19)9(15)13(20-12)14(21)22-2;1-6-4-9(16)7(5-8(6)15)13-18-10(14(20)22-3)11(21-2)12(17)19-13;14-10-7(19)3-8(20-11(10)12(21)22)4-1-6(16)9(2-5(4)15)23-13(17)18;1-22-13(21)12-6(14)10(19)9(18)11(20-12)4-2-3-5(15)8(17)7(4)16;1-21-13(20)12-8(14)10(18)9(17)11(19-12)6-4-5(15)2-3-7(6)16;1-5-2-8(16)6(3-7(5)15)10-4-9(17)11(14)12(18-10)13(19)20/h3-4H,1-2H3,(H2,19,20);4-5H,1-3H3,(H2,17,18,19);1-3,13H,(H2,19,20)(H,21,22);2-3H,1H3,(H2,19,20);2-4H,1H3,(H2,18,19);2-4H,1H3,(H2,17,18)(H,19,20). The molecule has 0 amide bonds. The summed E-state index contributed by atoms with van der Waals surface area (Å²) in [5, 5.41) is 15.9. The fourth-order valence-electron chi connectivity index (χ4n) is 10.4. The van der Waals surface area contributed by atoms with Crippen LogP contribution in [0.4, 0.5) is 113 Å². The van der Waals surface area contributed by atoms with Crippen LogP contribution >= 0.6 is 58.0 Å². The number of rotatable bonds is 15. The van der Waals surface area contributed by atoms with Crippen molar-refractivity contribution in [3.63, 3.8) is 0 Å². The van der Waals surface area contributed by atoms with E-state index in [1.807, 2.05) is 0 Å². The smallest absolute Gasteiger partial charge is 0.387 e. The van der Waals surface area contributed by atoms with Crippen LogP contribution in [0.1, 0.15) is 79.6 Å². The Bertz CT molecular complexity index is 6470. The third kappa shape index (κ3) is 23.1. The number of anilines is 6. The number of nitrogens with zero attached hydrogens (tertiary/aromatic N) is 7. The number of methoxy groups -OCH3 is 5. The van der Waals surface area contributed by atoms with Crippen molar-refractivity contribution < 1.29 is 146 Å². The Hall–Kier alpha value is -14.4. The van der Waals surface area contributed by atoms with Gasteiger partial charge in [0.1, 0.15) is 69.4 Å². The molecule has 14 N–H and O–H groups in total. The fraction of sp³-hybridized carbons (Fsp3) is 0.113. The van der Waals surface area contributed by atoms with Gasteiger partial charge >= 0.3 is 42.4 Å². The number of carbonyl (C=O) groups excluding carboxylic acids is 4. The number of nitrogens with two attached hydrogens (primary N) is 6. The lowest BCUT2D eigenvalue weighted by Gasteiger charge is -2.11. The molecule has 6 heterocycles. The first-order chi connectivity index (χ1) is 60.8. The van der Waals surface area contributed by atoms with E-state index in [0.29, 0.717) is 18.2 Å². The van der Waals surface area contributed by atoms with Gasteiger partial charge in [-0.3, -0.25) is 0 Å². The molecule has 0 bridgehead atoms. The quantitative estimate of drug-likeness (QED) is 0.0204. The van der Waals surface area contributed by atoms with Crippen molar-refractivity contribution in [2.75, 3.05) is 70.0 Å². The first-order valence-corrected chi connectivity index (χ1v) is 36.5. The van der Waals surface area contributed by atoms with Gasteiger partial charge in [0.25, 0.3) is 0 Å². The number of pyridine rings is 5. The summed E-state index contributed by atoms with van der Waals surface area (Å²) in [5.74, 6) is -25.4. The van der Waals surface area contributed by atoms with Gasteiger partial charge in [-0.25, -0.2) is 134 Å². The molecule has 0 saturated carbocycles. The Morgan fingerprint density at radius 2 is 0.685 bits per heavy atom. The molecule has 50 heteroatoms. The zero-order valence-electron chi connectivity index (χ0n) is 66.3. The van der Waals surface area contributed by atoms with Crippen LogP contribution in [0.25, 0.3) is 67.7 Å². The molecule has 0 radical (unpaired) electrons. The Kier molecular flexibility index (Phi) is 34.2. The van der Waals surface area contributed by atoms with Gasteiger partial charge in [0.2, 0.25) is 0 Å². The van der Waals surface area contributed by atoms with Crippen molar-refractivity contribution in [3.05, 3.63) is 260 Å². The third-order valence-corrected chi connectivity index (χ3v) is 18.8. The topological polar surface area (TPSA) is 445 Å². The van der Waals surface area contributed by atoms with E-state index in [4.69, 9.17) is 107 Å². The first-order valence-electron chi connectivity index (χ1n) is 34.6. The van der Waals surface area contributed by atoms with E-state index in [2.05, 4.69) is 58.6 Å². The van der Waals surface area contributed by atoms with E-state index in [0.717, 1.165) is 95.2 Å². The Labute approximate surface area is 742 Å². The Balaban J connectivity index is 0.000000214. The molecule has 6 aromatic heterocycles. The zero-order valence-corrected chi connectivity index (χ0v) is 70.1. The molecule has 0 aliphatic carbocycles. The van der Waals surface area contributed by atoms with Gasteiger partial charge in [-0.1, -0.05) is 58.0 Å². The minimum absolute atomic E-state index is 0.0387. The fourth-order valence-corrected chi connectivity index (χ4v) is 11.3. The lowest BCUT2D eigenvalue weighted by Crippen LogP contribution is -2.12. The molecule has 0 saturated heterocycles. The number of hydrogen-bond acceptors (Lipinski definition) is 25. The molecule has 0 unspecified atom stereocenters. The second kappa shape index (κ2) is 43.4. The molecule has 0 fully saturated rings. The number of ether oxygens (including phenoxy) is 6. The van der Waals surface area contributed by atoms with Gasteiger partial charge in [0.05, 0.1) is 106 Å². The predicted octanol–water partition coefficient (Wildman–Crippen LogP) is 19.0. The maximum atomic E-state index is 14.2. The molecular weight excluding hydrogens is 1890 g/mol. The number of aromatic nitrogens is 7. The van der Waals surface area contributed by atoms with Crippen molar-refractivity contribution >= 4 is 128 Å². The summed E-state index contributed by atoms with van der Waals surface area (Å²) in [4.78, 5) is 94.1. The first kappa shape index (κ1) is 103. The number of aromatic carboxylic acids is 2. The summed E-state index contributed by atoms with van der Waals surface area (Å²) in [7, 11) is 5.55. The molecular formula is C80H54Cl5F18N13O14. The highest BCUT2D eigenvalue weighted by atomic mass is 35.5. The number of carbonyl (C=O) groups is 6. The van der Waals surface area contributed by atoms with E-state index >= 15 is 0 Å². The van der Waals surface area contributed by atoms with Crippen LogP contribution in [0.5, 0.6) is 11.5 Å². The summed E-state index contributed by atoms with van der Waals surface area (Å²) in [6, 6.07) is 12.4. The molecule has 12 rings (SSSR count). The highest BCUT2D eigenvalue weighted by molar-refractivity contribution is 6.38. The summed E-state index contributed by atoms with van der Waals surface area (Å²) >= 11 is 28.5. The van der Waals surface area contributed by atoms with Crippen LogP contribution in [-0.4, -0.2) is 123 Å². The molecule has 27 nitrogen and oxygen atoms in total. The lowest BCUT2D eigenvalue weighted by molar-refractivity contribution is -0.0523. The largest absolute Gasteiger partial charge is 0.491 e. The second-order valence-electron chi connectivity index (χ2n) is 25.2. The molecule has 12 aromatic rings. The van der Waals surface area contributed by atoms with E-state index < -0.39 is 241 Å². The number of hydrogen-bond donors (Lipinski definition) is 8. The number of nitrogen functional groups attached to an aromatic ring is 6. The van der Waals surface area contributed by atoms with Gasteiger partial charge in [-0.05, 0) is 122 Å². The number of carboxylic acids is 2.